The van der Waals surface area contributed by atoms with Gasteiger partial charge in [-0.15, -0.1) is 0 Å². The van der Waals surface area contributed by atoms with Crippen LogP contribution in [0.3, 0.4) is 0 Å². The first kappa shape index (κ1) is 17.7. The van der Waals surface area contributed by atoms with Gasteiger partial charge in [0.25, 0.3) is 0 Å². The van der Waals surface area contributed by atoms with Gasteiger partial charge in [-0.25, -0.2) is 9.67 Å². The molecular formula is C21H31N5. The predicted molar refractivity (Wildman–Crippen MR) is 106 cm³/mol. The Morgan fingerprint density at radius 3 is 2.96 bits per heavy atom. The van der Waals surface area contributed by atoms with Gasteiger partial charge in [-0.05, 0) is 64.4 Å². The van der Waals surface area contributed by atoms with Gasteiger partial charge < -0.3 is 9.80 Å². The van der Waals surface area contributed by atoms with Gasteiger partial charge in [0.05, 0.1) is 12.2 Å². The van der Waals surface area contributed by atoms with Crippen LogP contribution >= 0.6 is 0 Å². The van der Waals surface area contributed by atoms with Gasteiger partial charge in [-0.2, -0.15) is 5.10 Å². The molecule has 2 aliphatic rings. The topological polar surface area (TPSA) is 37.2 Å². The van der Waals surface area contributed by atoms with E-state index in [2.05, 4.69) is 51.8 Å². The molecule has 0 aromatic carbocycles. The summed E-state index contributed by atoms with van der Waals surface area (Å²) in [7, 11) is 4.21. The number of pyridine rings is 1. The molecule has 1 fully saturated rings. The van der Waals surface area contributed by atoms with Gasteiger partial charge >= 0.3 is 0 Å². The van der Waals surface area contributed by atoms with Crippen LogP contribution in [0.5, 0.6) is 0 Å². The Labute approximate surface area is 156 Å². The van der Waals surface area contributed by atoms with Crippen LogP contribution in [0.15, 0.2) is 30.5 Å². The Morgan fingerprint density at radius 1 is 1.23 bits per heavy atom. The Balaban J connectivity index is 1.49. The lowest BCUT2D eigenvalue weighted by atomic mass is 9.94. The molecule has 1 saturated heterocycles. The van der Waals surface area contributed by atoms with Gasteiger partial charge in [0.2, 0.25) is 0 Å². The van der Waals surface area contributed by atoms with E-state index in [4.69, 9.17) is 5.10 Å². The number of rotatable bonds is 6. The zero-order valence-corrected chi connectivity index (χ0v) is 16.1. The van der Waals surface area contributed by atoms with Crippen LogP contribution in [0.4, 0.5) is 0 Å². The molecule has 5 heteroatoms. The number of aromatic nitrogens is 3. The van der Waals surface area contributed by atoms with Crippen LogP contribution in [0.25, 0.3) is 11.0 Å². The summed E-state index contributed by atoms with van der Waals surface area (Å²) < 4.78 is 2.11. The van der Waals surface area contributed by atoms with E-state index in [1.165, 1.54) is 49.9 Å². The number of nitrogens with zero attached hydrogens (tertiary/aromatic N) is 5. The van der Waals surface area contributed by atoms with E-state index in [1.807, 2.05) is 12.3 Å². The number of allylic oxidation sites excluding steroid dienone is 2. The first-order chi connectivity index (χ1) is 12.7. The average molecular weight is 354 g/mol. The van der Waals surface area contributed by atoms with Crippen LogP contribution in [0.1, 0.15) is 37.3 Å². The van der Waals surface area contributed by atoms with E-state index in [0.29, 0.717) is 5.92 Å². The zero-order chi connectivity index (χ0) is 17.9. The summed E-state index contributed by atoms with van der Waals surface area (Å²) in [5.41, 5.74) is 2.30. The summed E-state index contributed by atoms with van der Waals surface area (Å²) in [6, 6.07) is 4.25. The summed E-state index contributed by atoms with van der Waals surface area (Å²) in [5, 5.41) is 6.26. The fourth-order valence-electron chi connectivity index (χ4n) is 4.39. The van der Waals surface area contributed by atoms with Crippen LogP contribution in [0.2, 0.25) is 0 Å². The normalized spacial score (nSPS) is 24.1. The minimum absolute atomic E-state index is 0.543. The SMILES string of the molecule is CN(C)CCn1nc(C2CCN(CC3CC=CCC3)C2)c2cccnc21. The Morgan fingerprint density at radius 2 is 2.15 bits per heavy atom. The smallest absolute Gasteiger partial charge is 0.158 e. The second-order valence-corrected chi connectivity index (χ2v) is 8.18. The van der Waals surface area contributed by atoms with Crippen molar-refractivity contribution in [2.45, 2.75) is 38.1 Å². The van der Waals surface area contributed by atoms with Crippen molar-refractivity contribution in [3.63, 3.8) is 0 Å². The lowest BCUT2D eigenvalue weighted by molar-refractivity contribution is 0.263. The molecule has 5 nitrogen and oxygen atoms in total. The van der Waals surface area contributed by atoms with Crippen molar-refractivity contribution < 1.29 is 0 Å². The quantitative estimate of drug-likeness (QED) is 0.748. The van der Waals surface area contributed by atoms with E-state index < -0.39 is 0 Å². The van der Waals surface area contributed by atoms with Crippen LogP contribution < -0.4 is 0 Å². The molecule has 0 radical (unpaired) electrons. The highest BCUT2D eigenvalue weighted by atomic mass is 15.3. The summed E-state index contributed by atoms with van der Waals surface area (Å²) >= 11 is 0. The van der Waals surface area contributed by atoms with Crippen LogP contribution in [-0.4, -0.2) is 64.8 Å². The molecule has 140 valence electrons. The van der Waals surface area contributed by atoms with Crippen molar-refractivity contribution >= 4 is 11.0 Å². The number of fused-ring (bicyclic) bond motifs is 1. The second kappa shape index (κ2) is 7.89. The van der Waals surface area contributed by atoms with Crippen LogP contribution in [-0.2, 0) is 6.54 Å². The summed E-state index contributed by atoms with van der Waals surface area (Å²) in [6.45, 7) is 5.48. The van der Waals surface area contributed by atoms with Crippen molar-refractivity contribution in [1.29, 1.82) is 0 Å². The van der Waals surface area contributed by atoms with Gasteiger partial charge in [0, 0.05) is 37.1 Å². The lowest BCUT2D eigenvalue weighted by Crippen LogP contribution is -2.28. The van der Waals surface area contributed by atoms with Gasteiger partial charge in [-0.1, -0.05) is 12.2 Å². The monoisotopic (exact) mass is 353 g/mol. The number of hydrogen-bond acceptors (Lipinski definition) is 4. The zero-order valence-electron chi connectivity index (χ0n) is 16.1. The highest BCUT2D eigenvalue weighted by Gasteiger charge is 2.29. The first-order valence-electron chi connectivity index (χ1n) is 10.0. The van der Waals surface area contributed by atoms with Crippen molar-refractivity contribution in [3.8, 4) is 0 Å². The summed E-state index contributed by atoms with van der Waals surface area (Å²) in [5.74, 6) is 1.39. The summed E-state index contributed by atoms with van der Waals surface area (Å²) in [4.78, 5) is 9.49. The van der Waals surface area contributed by atoms with E-state index in [-0.39, 0.29) is 0 Å². The van der Waals surface area contributed by atoms with Gasteiger partial charge in [0.15, 0.2) is 5.65 Å². The van der Waals surface area contributed by atoms with E-state index >= 15 is 0 Å². The molecule has 0 saturated carbocycles. The van der Waals surface area contributed by atoms with Crippen molar-refractivity contribution in [3.05, 3.63) is 36.2 Å². The molecule has 4 rings (SSSR count). The van der Waals surface area contributed by atoms with Crippen molar-refractivity contribution in [2.24, 2.45) is 5.92 Å². The maximum atomic E-state index is 5.01. The Hall–Kier alpha value is -1.72. The minimum atomic E-state index is 0.543. The molecule has 0 amide bonds. The maximum absolute atomic E-state index is 5.01. The second-order valence-electron chi connectivity index (χ2n) is 8.18. The number of likely N-dealkylation sites (tertiary alicyclic amines) is 1. The van der Waals surface area contributed by atoms with Crippen molar-refractivity contribution in [1.82, 2.24) is 24.6 Å². The minimum Gasteiger partial charge on any atom is -0.308 e. The van der Waals surface area contributed by atoms with E-state index in [1.54, 1.807) is 0 Å². The standard InChI is InChI=1S/C21H31N5/c1-24(2)13-14-26-21-19(9-6-11-22-21)20(23-26)18-10-12-25(16-18)15-17-7-4-3-5-8-17/h3-4,6,9,11,17-18H,5,7-8,10,12-16H2,1-2H3. The molecule has 0 spiro atoms. The van der Waals surface area contributed by atoms with Gasteiger partial charge in [0.1, 0.15) is 0 Å². The molecule has 26 heavy (non-hydrogen) atoms. The number of likely N-dealkylation sites (N-methyl/N-ethyl adjacent to an activating group) is 1. The third-order valence-electron chi connectivity index (χ3n) is 5.85. The van der Waals surface area contributed by atoms with Crippen molar-refractivity contribution in [2.75, 3.05) is 40.3 Å². The Bertz CT molecular complexity index is 763. The van der Waals surface area contributed by atoms with E-state index in [0.717, 1.165) is 31.2 Å². The molecule has 2 aromatic heterocycles. The largest absolute Gasteiger partial charge is 0.308 e. The lowest BCUT2D eigenvalue weighted by Gasteiger charge is -2.24. The highest BCUT2D eigenvalue weighted by molar-refractivity contribution is 5.78. The molecular weight excluding hydrogens is 322 g/mol. The maximum Gasteiger partial charge on any atom is 0.158 e. The molecule has 2 atom stereocenters. The molecule has 2 aromatic rings. The highest BCUT2D eigenvalue weighted by Crippen LogP contribution is 2.32. The Kier molecular flexibility index (Phi) is 5.36. The molecule has 3 heterocycles. The average Bonchev–Trinajstić information content (AvgIpc) is 3.25. The third-order valence-corrected chi connectivity index (χ3v) is 5.85. The molecule has 1 aliphatic heterocycles. The molecule has 1 aliphatic carbocycles. The van der Waals surface area contributed by atoms with Gasteiger partial charge in [-0.3, -0.25) is 0 Å². The third kappa shape index (κ3) is 3.84. The van der Waals surface area contributed by atoms with E-state index in [9.17, 15) is 0 Å². The number of hydrogen-bond donors (Lipinski definition) is 0. The molecule has 2 unspecified atom stereocenters. The fourth-order valence-corrected chi connectivity index (χ4v) is 4.39. The molecule has 0 N–H and O–H groups in total. The van der Waals surface area contributed by atoms with Crippen LogP contribution in [0, 0.1) is 5.92 Å². The molecule has 0 bridgehead atoms. The fraction of sp³-hybridized carbons (Fsp3) is 0.619. The summed E-state index contributed by atoms with van der Waals surface area (Å²) in [6.07, 6.45) is 11.7. The first-order valence-corrected chi connectivity index (χ1v) is 10.0. The predicted octanol–water partition coefficient (Wildman–Crippen LogP) is 3.14.